The van der Waals surface area contributed by atoms with Crippen molar-refractivity contribution in [3.05, 3.63) is 36.0 Å². The normalized spacial score (nSPS) is 20.3. The third-order valence-electron chi connectivity index (χ3n) is 4.22. The summed E-state index contributed by atoms with van der Waals surface area (Å²) in [5.74, 6) is 0.413. The number of nitrogens with one attached hydrogen (secondary N) is 1. The number of fused-ring (bicyclic) bond motifs is 1. The van der Waals surface area contributed by atoms with Crippen molar-refractivity contribution >= 4 is 26.6 Å². The minimum absolute atomic E-state index is 0.0529. The van der Waals surface area contributed by atoms with Crippen LogP contribution in [0.1, 0.15) is 12.0 Å². The lowest BCUT2D eigenvalue weighted by Crippen LogP contribution is -2.32. The molecule has 1 atom stereocenters. The van der Waals surface area contributed by atoms with Crippen molar-refractivity contribution in [2.75, 3.05) is 18.1 Å². The van der Waals surface area contributed by atoms with Gasteiger partial charge < -0.3 is 9.88 Å². The lowest BCUT2D eigenvalue weighted by atomic mass is 10.1. The standard InChI is InChI=1S/C16H20N2O3S/c1-12-9-18(15-5-3-2-4-14(12)15)10-16(19)17-8-13-6-7-22(20,21)11-13/h2-5,9,13H,6-8,10-11H2,1H3,(H,17,19)/t13-/m1/s1. The number of aromatic nitrogens is 1. The molecule has 1 N–H and O–H groups in total. The van der Waals surface area contributed by atoms with Crippen LogP contribution in [-0.2, 0) is 21.2 Å². The summed E-state index contributed by atoms with van der Waals surface area (Å²) in [6.07, 6.45) is 2.62. The molecule has 22 heavy (non-hydrogen) atoms. The first-order valence-electron chi connectivity index (χ1n) is 7.46. The number of carbonyl (C=O) groups excluding carboxylic acids is 1. The van der Waals surface area contributed by atoms with Gasteiger partial charge in [0.05, 0.1) is 11.5 Å². The van der Waals surface area contributed by atoms with E-state index in [1.807, 2.05) is 42.0 Å². The van der Waals surface area contributed by atoms with Crippen LogP contribution in [0.15, 0.2) is 30.5 Å². The highest BCUT2D eigenvalue weighted by molar-refractivity contribution is 7.91. The summed E-state index contributed by atoms with van der Waals surface area (Å²) >= 11 is 0. The third-order valence-corrected chi connectivity index (χ3v) is 6.05. The van der Waals surface area contributed by atoms with Gasteiger partial charge in [-0.25, -0.2) is 8.42 Å². The van der Waals surface area contributed by atoms with Gasteiger partial charge in [-0.05, 0) is 30.9 Å². The van der Waals surface area contributed by atoms with Crippen LogP contribution in [0.4, 0.5) is 0 Å². The molecule has 3 rings (SSSR count). The van der Waals surface area contributed by atoms with Crippen LogP contribution in [-0.4, -0.2) is 36.9 Å². The van der Waals surface area contributed by atoms with E-state index in [1.54, 1.807) is 0 Å². The second-order valence-corrected chi connectivity index (χ2v) is 8.26. The van der Waals surface area contributed by atoms with E-state index in [0.29, 0.717) is 13.0 Å². The Bertz CT molecular complexity index is 808. The molecule has 0 saturated carbocycles. The monoisotopic (exact) mass is 320 g/mol. The third kappa shape index (κ3) is 3.16. The number of rotatable bonds is 4. The number of hydrogen-bond acceptors (Lipinski definition) is 3. The number of para-hydroxylation sites is 1. The Morgan fingerprint density at radius 1 is 1.36 bits per heavy atom. The number of carbonyl (C=O) groups is 1. The van der Waals surface area contributed by atoms with E-state index in [-0.39, 0.29) is 29.9 Å². The van der Waals surface area contributed by atoms with Gasteiger partial charge >= 0.3 is 0 Å². The maximum atomic E-state index is 12.1. The molecule has 1 aromatic carbocycles. The molecule has 5 nitrogen and oxygen atoms in total. The Hall–Kier alpha value is -1.82. The van der Waals surface area contributed by atoms with Crippen LogP contribution in [0.5, 0.6) is 0 Å². The average molecular weight is 320 g/mol. The van der Waals surface area contributed by atoms with Gasteiger partial charge in [0.1, 0.15) is 6.54 Å². The fourth-order valence-electron chi connectivity index (χ4n) is 3.06. The molecule has 1 saturated heterocycles. The van der Waals surface area contributed by atoms with Gasteiger partial charge in [0.2, 0.25) is 5.91 Å². The van der Waals surface area contributed by atoms with Gasteiger partial charge in [-0.1, -0.05) is 18.2 Å². The molecule has 0 aliphatic carbocycles. The van der Waals surface area contributed by atoms with Gasteiger partial charge in [-0.15, -0.1) is 0 Å². The fourth-order valence-corrected chi connectivity index (χ4v) is 4.92. The van der Waals surface area contributed by atoms with Gasteiger partial charge in [0.25, 0.3) is 0 Å². The zero-order chi connectivity index (χ0) is 15.7. The SMILES string of the molecule is Cc1cn(CC(=O)NC[C@H]2CCS(=O)(=O)C2)c2ccccc12. The van der Waals surface area contributed by atoms with Gasteiger partial charge in [0.15, 0.2) is 9.84 Å². The molecule has 6 heteroatoms. The second kappa shape index (κ2) is 5.76. The molecule has 1 fully saturated rings. The quantitative estimate of drug-likeness (QED) is 0.928. The van der Waals surface area contributed by atoms with Crippen LogP contribution >= 0.6 is 0 Å². The first-order chi connectivity index (χ1) is 10.4. The minimum atomic E-state index is -2.88. The zero-order valence-corrected chi connectivity index (χ0v) is 13.4. The Morgan fingerprint density at radius 2 is 2.14 bits per heavy atom. The minimum Gasteiger partial charge on any atom is -0.354 e. The van der Waals surface area contributed by atoms with Crippen molar-refractivity contribution in [1.82, 2.24) is 9.88 Å². The van der Waals surface area contributed by atoms with E-state index in [4.69, 9.17) is 0 Å². The summed E-state index contributed by atoms with van der Waals surface area (Å²) in [6, 6.07) is 7.99. The predicted octanol–water partition coefficient (Wildman–Crippen LogP) is 1.50. The Kier molecular flexibility index (Phi) is 3.95. The molecule has 1 aliphatic heterocycles. The molecule has 0 unspecified atom stereocenters. The summed E-state index contributed by atoms with van der Waals surface area (Å²) < 4.78 is 24.8. The maximum absolute atomic E-state index is 12.1. The summed E-state index contributed by atoms with van der Waals surface area (Å²) in [6.45, 7) is 2.73. The predicted molar refractivity (Wildman–Crippen MR) is 86.4 cm³/mol. The molecule has 1 aromatic heterocycles. The van der Waals surface area contributed by atoms with Gasteiger partial charge in [-0.2, -0.15) is 0 Å². The summed E-state index contributed by atoms with van der Waals surface area (Å²) in [4.78, 5) is 12.1. The van der Waals surface area contributed by atoms with Crippen molar-refractivity contribution in [3.63, 3.8) is 0 Å². The molecule has 2 heterocycles. The number of sulfone groups is 1. The van der Waals surface area contributed by atoms with Crippen molar-refractivity contribution in [2.45, 2.75) is 19.9 Å². The van der Waals surface area contributed by atoms with E-state index < -0.39 is 9.84 Å². The summed E-state index contributed by atoms with van der Waals surface area (Å²) in [7, 11) is -2.88. The molecule has 1 amide bonds. The topological polar surface area (TPSA) is 68.2 Å². The van der Waals surface area contributed by atoms with Gasteiger partial charge in [-0.3, -0.25) is 4.79 Å². The van der Waals surface area contributed by atoms with E-state index in [1.165, 1.54) is 0 Å². The second-order valence-electron chi connectivity index (χ2n) is 6.03. The van der Waals surface area contributed by atoms with Crippen molar-refractivity contribution in [2.24, 2.45) is 5.92 Å². The largest absolute Gasteiger partial charge is 0.354 e. The average Bonchev–Trinajstić information content (AvgIpc) is 2.98. The molecule has 0 bridgehead atoms. The highest BCUT2D eigenvalue weighted by Crippen LogP contribution is 2.20. The first kappa shape index (κ1) is 15.1. The van der Waals surface area contributed by atoms with Crippen molar-refractivity contribution < 1.29 is 13.2 Å². The summed E-state index contributed by atoms with van der Waals surface area (Å²) in [5.41, 5.74) is 2.18. The first-order valence-corrected chi connectivity index (χ1v) is 9.28. The van der Waals surface area contributed by atoms with Crippen molar-refractivity contribution in [1.29, 1.82) is 0 Å². The molecule has 1 aliphatic rings. The van der Waals surface area contributed by atoms with E-state index >= 15 is 0 Å². The summed E-state index contributed by atoms with van der Waals surface area (Å²) in [5, 5.41) is 4.01. The highest BCUT2D eigenvalue weighted by Gasteiger charge is 2.27. The Balaban J connectivity index is 1.62. The lowest BCUT2D eigenvalue weighted by Gasteiger charge is -2.10. The Morgan fingerprint density at radius 3 is 2.86 bits per heavy atom. The smallest absolute Gasteiger partial charge is 0.239 e. The Labute approximate surface area is 130 Å². The molecule has 0 radical (unpaired) electrons. The van der Waals surface area contributed by atoms with Gasteiger partial charge in [0, 0.05) is 23.6 Å². The van der Waals surface area contributed by atoms with Crippen LogP contribution in [0, 0.1) is 12.8 Å². The molecule has 2 aromatic rings. The van der Waals surface area contributed by atoms with Crippen LogP contribution in [0.3, 0.4) is 0 Å². The fraction of sp³-hybridized carbons (Fsp3) is 0.438. The number of hydrogen-bond donors (Lipinski definition) is 1. The van der Waals surface area contributed by atoms with E-state index in [0.717, 1.165) is 16.5 Å². The van der Waals surface area contributed by atoms with E-state index in [2.05, 4.69) is 5.32 Å². The molecular formula is C16H20N2O3S. The van der Waals surface area contributed by atoms with Crippen molar-refractivity contribution in [3.8, 4) is 0 Å². The molecule has 118 valence electrons. The number of amides is 1. The lowest BCUT2D eigenvalue weighted by molar-refractivity contribution is -0.121. The number of benzene rings is 1. The highest BCUT2D eigenvalue weighted by atomic mass is 32.2. The molecule has 0 spiro atoms. The zero-order valence-electron chi connectivity index (χ0n) is 12.6. The van der Waals surface area contributed by atoms with Crippen LogP contribution < -0.4 is 5.32 Å². The number of aryl methyl sites for hydroxylation is 1. The molecular weight excluding hydrogens is 300 g/mol. The number of nitrogens with zero attached hydrogens (tertiary/aromatic N) is 1. The van der Waals surface area contributed by atoms with Crippen LogP contribution in [0.25, 0.3) is 10.9 Å². The maximum Gasteiger partial charge on any atom is 0.239 e. The van der Waals surface area contributed by atoms with Crippen LogP contribution in [0.2, 0.25) is 0 Å². The van der Waals surface area contributed by atoms with E-state index in [9.17, 15) is 13.2 Å².